The molecule has 1 fully saturated rings. The van der Waals surface area contributed by atoms with Crippen LogP contribution in [-0.2, 0) is 21.2 Å². The molecule has 1 heterocycles. The standard InChI is InChI=1S/C20H25BrN2O3S2/c21-18-12-13-19(27-18)28(25,26)23-17(14-15-8-4-3-5-9-15)20(24)22-16-10-6-1-2-7-11-16/h3-5,8-9,12-13,16-17,23H,1-2,6-7,10-11,14H2,(H,22,24). The van der Waals surface area contributed by atoms with E-state index in [1.807, 2.05) is 30.3 Å². The maximum Gasteiger partial charge on any atom is 0.250 e. The van der Waals surface area contributed by atoms with E-state index in [2.05, 4.69) is 26.0 Å². The lowest BCUT2D eigenvalue weighted by molar-refractivity contribution is -0.123. The molecule has 2 N–H and O–H groups in total. The van der Waals surface area contributed by atoms with Crippen molar-refractivity contribution in [3.05, 3.63) is 51.8 Å². The molecule has 1 unspecified atom stereocenters. The van der Waals surface area contributed by atoms with E-state index in [4.69, 9.17) is 0 Å². The zero-order valence-electron chi connectivity index (χ0n) is 15.6. The SMILES string of the molecule is O=C(NC1CCCCCC1)C(Cc1ccccc1)NS(=O)(=O)c1ccc(Br)s1. The van der Waals surface area contributed by atoms with Crippen molar-refractivity contribution in [2.45, 2.75) is 61.2 Å². The average Bonchev–Trinajstić information content (AvgIpc) is 2.96. The lowest BCUT2D eigenvalue weighted by Gasteiger charge is -2.22. The molecule has 0 aliphatic heterocycles. The van der Waals surface area contributed by atoms with Crippen LogP contribution < -0.4 is 10.0 Å². The van der Waals surface area contributed by atoms with Gasteiger partial charge < -0.3 is 5.32 Å². The average molecular weight is 485 g/mol. The Balaban J connectivity index is 1.76. The molecule has 1 aliphatic rings. The third-order valence-electron chi connectivity index (χ3n) is 4.91. The van der Waals surface area contributed by atoms with Crippen molar-refractivity contribution in [1.29, 1.82) is 0 Å². The minimum absolute atomic E-state index is 0.119. The smallest absolute Gasteiger partial charge is 0.250 e. The highest BCUT2D eigenvalue weighted by atomic mass is 79.9. The van der Waals surface area contributed by atoms with Gasteiger partial charge in [-0.15, -0.1) is 11.3 Å². The van der Waals surface area contributed by atoms with Crippen LogP contribution in [-0.4, -0.2) is 26.4 Å². The number of nitrogens with one attached hydrogen (secondary N) is 2. The number of amides is 1. The van der Waals surface area contributed by atoms with E-state index in [1.165, 1.54) is 12.8 Å². The molecule has 28 heavy (non-hydrogen) atoms. The zero-order chi connectivity index (χ0) is 20.0. The van der Waals surface area contributed by atoms with Gasteiger partial charge in [0.15, 0.2) is 0 Å². The summed E-state index contributed by atoms with van der Waals surface area (Å²) in [6, 6.07) is 12.0. The van der Waals surface area contributed by atoms with Crippen molar-refractivity contribution in [1.82, 2.24) is 10.0 Å². The van der Waals surface area contributed by atoms with Crippen LogP contribution in [0.5, 0.6) is 0 Å². The number of halogens is 1. The lowest BCUT2D eigenvalue weighted by atomic mass is 10.0. The van der Waals surface area contributed by atoms with Crippen LogP contribution in [0.2, 0.25) is 0 Å². The molecule has 0 radical (unpaired) electrons. The Hall–Kier alpha value is -1.22. The lowest BCUT2D eigenvalue weighted by Crippen LogP contribution is -2.50. The van der Waals surface area contributed by atoms with Crippen LogP contribution >= 0.6 is 27.3 Å². The van der Waals surface area contributed by atoms with Crippen LogP contribution in [0.15, 0.2) is 50.5 Å². The molecule has 1 aliphatic carbocycles. The number of sulfonamides is 1. The molecule has 1 saturated carbocycles. The Morgan fingerprint density at radius 2 is 1.75 bits per heavy atom. The Morgan fingerprint density at radius 3 is 2.36 bits per heavy atom. The van der Waals surface area contributed by atoms with E-state index >= 15 is 0 Å². The predicted octanol–water partition coefficient (Wildman–Crippen LogP) is 4.24. The first-order valence-corrected chi connectivity index (χ1v) is 12.7. The summed E-state index contributed by atoms with van der Waals surface area (Å²) >= 11 is 4.42. The Morgan fingerprint density at radius 1 is 1.07 bits per heavy atom. The summed E-state index contributed by atoms with van der Waals surface area (Å²) in [5.74, 6) is -0.255. The van der Waals surface area contributed by atoms with Crippen LogP contribution in [0.1, 0.15) is 44.1 Å². The van der Waals surface area contributed by atoms with Gasteiger partial charge in [0.25, 0.3) is 10.0 Å². The number of hydrogen-bond donors (Lipinski definition) is 2. The molecule has 152 valence electrons. The van der Waals surface area contributed by atoms with Gasteiger partial charge in [0, 0.05) is 6.04 Å². The van der Waals surface area contributed by atoms with E-state index in [0.717, 1.165) is 46.4 Å². The molecule has 2 aromatic rings. The number of hydrogen-bond acceptors (Lipinski definition) is 4. The first kappa shape index (κ1) is 21.5. The van der Waals surface area contributed by atoms with Gasteiger partial charge >= 0.3 is 0 Å². The fraction of sp³-hybridized carbons (Fsp3) is 0.450. The van der Waals surface area contributed by atoms with Crippen molar-refractivity contribution in [2.75, 3.05) is 0 Å². The molecular weight excluding hydrogens is 460 g/mol. The number of carbonyl (C=O) groups is 1. The van der Waals surface area contributed by atoms with Gasteiger partial charge in [0.2, 0.25) is 5.91 Å². The Labute approximate surface area is 179 Å². The highest BCUT2D eigenvalue weighted by Gasteiger charge is 2.28. The minimum atomic E-state index is -3.77. The van der Waals surface area contributed by atoms with Crippen LogP contribution in [0.3, 0.4) is 0 Å². The number of carbonyl (C=O) groups excluding carboxylic acids is 1. The molecule has 5 nitrogen and oxygen atoms in total. The summed E-state index contributed by atoms with van der Waals surface area (Å²) in [7, 11) is -3.77. The number of benzene rings is 1. The summed E-state index contributed by atoms with van der Waals surface area (Å²) < 4.78 is 29.1. The topological polar surface area (TPSA) is 75.3 Å². The van der Waals surface area contributed by atoms with Crippen molar-refractivity contribution < 1.29 is 13.2 Å². The van der Waals surface area contributed by atoms with E-state index in [1.54, 1.807) is 12.1 Å². The molecule has 0 bridgehead atoms. The highest BCUT2D eigenvalue weighted by molar-refractivity contribution is 9.11. The first-order valence-electron chi connectivity index (χ1n) is 9.56. The Kier molecular flexibility index (Phi) is 7.68. The molecule has 0 spiro atoms. The molecular formula is C20H25BrN2O3S2. The maximum atomic E-state index is 13.0. The monoisotopic (exact) mass is 484 g/mol. The molecule has 0 saturated heterocycles. The summed E-state index contributed by atoms with van der Waals surface area (Å²) in [5, 5.41) is 3.09. The van der Waals surface area contributed by atoms with E-state index in [9.17, 15) is 13.2 Å². The summed E-state index contributed by atoms with van der Waals surface area (Å²) in [5.41, 5.74) is 0.915. The molecule has 1 aromatic carbocycles. The molecule has 1 amide bonds. The highest BCUT2D eigenvalue weighted by Crippen LogP contribution is 2.26. The van der Waals surface area contributed by atoms with Crippen LogP contribution in [0.25, 0.3) is 0 Å². The largest absolute Gasteiger partial charge is 0.352 e. The van der Waals surface area contributed by atoms with Crippen molar-refractivity contribution in [3.63, 3.8) is 0 Å². The zero-order valence-corrected chi connectivity index (χ0v) is 18.8. The number of thiophene rings is 1. The van der Waals surface area contributed by atoms with Crippen molar-refractivity contribution in [2.24, 2.45) is 0 Å². The van der Waals surface area contributed by atoms with Gasteiger partial charge in [-0.25, -0.2) is 8.42 Å². The fourth-order valence-corrected chi connectivity index (χ4v) is 6.67. The van der Waals surface area contributed by atoms with Gasteiger partial charge in [-0.2, -0.15) is 4.72 Å². The second-order valence-corrected chi connectivity index (χ2v) is 11.5. The maximum absolute atomic E-state index is 13.0. The normalized spacial score (nSPS) is 17.0. The molecule has 8 heteroatoms. The predicted molar refractivity (Wildman–Crippen MR) is 116 cm³/mol. The Bertz CT molecular complexity index is 876. The third-order valence-corrected chi connectivity index (χ3v) is 8.50. The second kappa shape index (κ2) is 10.0. The quantitative estimate of drug-likeness (QED) is 0.577. The van der Waals surface area contributed by atoms with Crippen LogP contribution in [0.4, 0.5) is 0 Å². The van der Waals surface area contributed by atoms with Gasteiger partial charge in [-0.1, -0.05) is 56.0 Å². The van der Waals surface area contributed by atoms with Gasteiger partial charge in [-0.3, -0.25) is 4.79 Å². The second-order valence-electron chi connectivity index (χ2n) is 7.12. The minimum Gasteiger partial charge on any atom is -0.352 e. The summed E-state index contributed by atoms with van der Waals surface area (Å²) in [6.07, 6.45) is 6.81. The molecule has 1 atom stereocenters. The van der Waals surface area contributed by atoms with Crippen molar-refractivity contribution in [3.8, 4) is 0 Å². The fourth-order valence-electron chi connectivity index (χ4n) is 3.45. The van der Waals surface area contributed by atoms with E-state index in [0.29, 0.717) is 6.42 Å². The van der Waals surface area contributed by atoms with Gasteiger partial charge in [-0.05, 0) is 52.9 Å². The summed E-state index contributed by atoms with van der Waals surface area (Å²) in [6.45, 7) is 0. The molecule has 3 rings (SSSR count). The third kappa shape index (κ3) is 6.14. The van der Waals surface area contributed by atoms with Crippen LogP contribution in [0, 0.1) is 0 Å². The summed E-state index contributed by atoms with van der Waals surface area (Å²) in [4.78, 5) is 13.0. The van der Waals surface area contributed by atoms with E-state index < -0.39 is 16.1 Å². The van der Waals surface area contributed by atoms with Crippen molar-refractivity contribution >= 4 is 43.2 Å². The molecule has 1 aromatic heterocycles. The number of rotatable bonds is 7. The van der Waals surface area contributed by atoms with Gasteiger partial charge in [0.1, 0.15) is 10.3 Å². The first-order chi connectivity index (χ1) is 13.4. The van der Waals surface area contributed by atoms with E-state index in [-0.39, 0.29) is 16.2 Å². The van der Waals surface area contributed by atoms with Gasteiger partial charge in [0.05, 0.1) is 3.79 Å².